The molecule has 0 aliphatic heterocycles. The van der Waals surface area contributed by atoms with Crippen molar-refractivity contribution in [1.82, 2.24) is 15.3 Å². The Bertz CT molecular complexity index is 270. The summed E-state index contributed by atoms with van der Waals surface area (Å²) in [7, 11) is 0. The molecule has 0 saturated carbocycles. The van der Waals surface area contributed by atoms with Gasteiger partial charge >= 0.3 is 0 Å². The van der Waals surface area contributed by atoms with Gasteiger partial charge in [0.25, 0.3) is 0 Å². The van der Waals surface area contributed by atoms with Gasteiger partial charge in [-0.15, -0.1) is 12.3 Å². The van der Waals surface area contributed by atoms with Gasteiger partial charge < -0.3 is 10.3 Å². The van der Waals surface area contributed by atoms with Crippen molar-refractivity contribution < 1.29 is 0 Å². The molecule has 0 unspecified atom stereocenters. The number of aryl methyl sites for hydroxylation is 1. The number of hydrogen-bond acceptors (Lipinski definition) is 2. The molecule has 0 aliphatic rings. The minimum Gasteiger partial charge on any atom is -0.348 e. The molecule has 0 bridgehead atoms. The van der Waals surface area contributed by atoms with Gasteiger partial charge in [0.1, 0.15) is 0 Å². The van der Waals surface area contributed by atoms with Crippen LogP contribution in [0.2, 0.25) is 0 Å². The predicted octanol–water partition coefficient (Wildman–Crippen LogP) is 0.831. The van der Waals surface area contributed by atoms with Crippen molar-refractivity contribution in [2.24, 2.45) is 0 Å². The molecular formula is C9H13N3. The number of aromatic amines is 1. The maximum atomic E-state index is 5.11. The highest BCUT2D eigenvalue weighted by Gasteiger charge is 1.97. The van der Waals surface area contributed by atoms with E-state index in [0.717, 1.165) is 30.9 Å². The molecule has 3 heteroatoms. The summed E-state index contributed by atoms with van der Waals surface area (Å²) in [6, 6.07) is 0. The fraction of sp³-hybridized carbons (Fsp3) is 0.444. The third kappa shape index (κ3) is 2.40. The van der Waals surface area contributed by atoms with E-state index >= 15 is 0 Å². The SMILES string of the molecule is C#CCCNCc1nc[nH]c1C. The molecule has 0 aromatic carbocycles. The van der Waals surface area contributed by atoms with Crippen LogP contribution in [-0.2, 0) is 6.54 Å². The summed E-state index contributed by atoms with van der Waals surface area (Å²) in [6.07, 6.45) is 7.58. The molecule has 0 fully saturated rings. The zero-order chi connectivity index (χ0) is 8.81. The lowest BCUT2D eigenvalue weighted by molar-refractivity contribution is 0.687. The van der Waals surface area contributed by atoms with Gasteiger partial charge in [0.15, 0.2) is 0 Å². The first-order valence-electron chi connectivity index (χ1n) is 3.97. The molecule has 1 aromatic rings. The highest BCUT2D eigenvalue weighted by molar-refractivity contribution is 5.07. The number of hydrogen-bond donors (Lipinski definition) is 2. The maximum absolute atomic E-state index is 5.11. The molecule has 0 saturated heterocycles. The number of imidazole rings is 1. The summed E-state index contributed by atoms with van der Waals surface area (Å²) < 4.78 is 0. The second-order valence-electron chi connectivity index (χ2n) is 2.61. The minimum atomic E-state index is 0.767. The Morgan fingerprint density at radius 3 is 3.17 bits per heavy atom. The largest absolute Gasteiger partial charge is 0.348 e. The van der Waals surface area contributed by atoms with E-state index in [-0.39, 0.29) is 0 Å². The van der Waals surface area contributed by atoms with E-state index < -0.39 is 0 Å². The summed E-state index contributed by atoms with van der Waals surface area (Å²) >= 11 is 0. The number of terminal acetylenes is 1. The number of nitrogens with one attached hydrogen (secondary N) is 2. The smallest absolute Gasteiger partial charge is 0.0925 e. The monoisotopic (exact) mass is 163 g/mol. The summed E-state index contributed by atoms with van der Waals surface area (Å²) in [5.74, 6) is 2.57. The third-order valence-corrected chi connectivity index (χ3v) is 1.67. The van der Waals surface area contributed by atoms with Crippen molar-refractivity contribution in [3.8, 4) is 12.3 Å². The van der Waals surface area contributed by atoms with Gasteiger partial charge in [0.05, 0.1) is 12.0 Å². The molecule has 12 heavy (non-hydrogen) atoms. The van der Waals surface area contributed by atoms with Crippen molar-refractivity contribution in [2.45, 2.75) is 19.9 Å². The molecule has 0 atom stereocenters. The van der Waals surface area contributed by atoms with E-state index in [4.69, 9.17) is 6.42 Å². The Morgan fingerprint density at radius 1 is 1.75 bits per heavy atom. The molecule has 3 nitrogen and oxygen atoms in total. The molecular weight excluding hydrogens is 150 g/mol. The van der Waals surface area contributed by atoms with E-state index in [0.29, 0.717) is 0 Å². The van der Waals surface area contributed by atoms with Crippen LogP contribution in [-0.4, -0.2) is 16.5 Å². The molecule has 0 spiro atoms. The molecule has 0 amide bonds. The topological polar surface area (TPSA) is 40.7 Å². The van der Waals surface area contributed by atoms with Crippen LogP contribution in [0.1, 0.15) is 17.8 Å². The zero-order valence-corrected chi connectivity index (χ0v) is 7.22. The van der Waals surface area contributed by atoms with Crippen LogP contribution < -0.4 is 5.32 Å². The van der Waals surface area contributed by atoms with Gasteiger partial charge in [-0.25, -0.2) is 4.98 Å². The van der Waals surface area contributed by atoms with E-state index in [1.165, 1.54) is 0 Å². The van der Waals surface area contributed by atoms with Crippen LogP contribution in [0.3, 0.4) is 0 Å². The predicted molar refractivity (Wildman–Crippen MR) is 48.5 cm³/mol. The number of nitrogens with zero attached hydrogens (tertiary/aromatic N) is 1. The highest BCUT2D eigenvalue weighted by atomic mass is 14.9. The minimum absolute atomic E-state index is 0.767. The Hall–Kier alpha value is -1.27. The first-order chi connectivity index (χ1) is 5.84. The lowest BCUT2D eigenvalue weighted by Gasteiger charge is -1.99. The average Bonchev–Trinajstić information content (AvgIpc) is 2.46. The fourth-order valence-electron chi connectivity index (χ4n) is 0.933. The molecule has 1 heterocycles. The number of aromatic nitrogens is 2. The van der Waals surface area contributed by atoms with E-state index in [1.807, 2.05) is 6.92 Å². The van der Waals surface area contributed by atoms with Crippen molar-refractivity contribution in [2.75, 3.05) is 6.54 Å². The van der Waals surface area contributed by atoms with Gasteiger partial charge in [-0.2, -0.15) is 0 Å². The van der Waals surface area contributed by atoms with Crippen LogP contribution in [0.15, 0.2) is 6.33 Å². The highest BCUT2D eigenvalue weighted by Crippen LogP contribution is 1.98. The molecule has 0 radical (unpaired) electrons. The standard InChI is InChI=1S/C9H13N3/c1-3-4-5-10-6-9-8(2)11-7-12-9/h1,7,10H,4-6H2,2H3,(H,11,12). The Kier molecular flexibility index (Phi) is 3.36. The van der Waals surface area contributed by atoms with Gasteiger partial charge in [0, 0.05) is 25.2 Å². The molecule has 0 aliphatic carbocycles. The summed E-state index contributed by atoms with van der Waals surface area (Å²) in [4.78, 5) is 7.16. The maximum Gasteiger partial charge on any atom is 0.0925 e. The van der Waals surface area contributed by atoms with Gasteiger partial charge in [-0.05, 0) is 6.92 Å². The normalized spacial score (nSPS) is 9.67. The van der Waals surface area contributed by atoms with Crippen LogP contribution in [0.4, 0.5) is 0 Å². The second-order valence-corrected chi connectivity index (χ2v) is 2.61. The second kappa shape index (κ2) is 4.58. The average molecular weight is 163 g/mol. The van der Waals surface area contributed by atoms with Crippen LogP contribution >= 0.6 is 0 Å². The van der Waals surface area contributed by atoms with Crippen molar-refractivity contribution in [1.29, 1.82) is 0 Å². The molecule has 64 valence electrons. The molecule has 1 aromatic heterocycles. The first-order valence-corrected chi connectivity index (χ1v) is 3.97. The summed E-state index contributed by atoms with van der Waals surface area (Å²) in [5, 5.41) is 3.20. The van der Waals surface area contributed by atoms with Crippen LogP contribution in [0.25, 0.3) is 0 Å². The lowest BCUT2D eigenvalue weighted by Crippen LogP contribution is -2.15. The number of rotatable bonds is 4. The summed E-state index contributed by atoms with van der Waals surface area (Å²) in [5.41, 5.74) is 2.18. The van der Waals surface area contributed by atoms with Gasteiger partial charge in [0.2, 0.25) is 0 Å². The van der Waals surface area contributed by atoms with Gasteiger partial charge in [-0.1, -0.05) is 0 Å². The summed E-state index contributed by atoms with van der Waals surface area (Å²) in [6.45, 7) is 3.64. The lowest BCUT2D eigenvalue weighted by atomic mass is 10.3. The zero-order valence-electron chi connectivity index (χ0n) is 7.22. The van der Waals surface area contributed by atoms with Crippen molar-refractivity contribution in [3.05, 3.63) is 17.7 Å². The van der Waals surface area contributed by atoms with E-state index in [2.05, 4.69) is 21.2 Å². The first kappa shape index (κ1) is 8.82. The Labute approximate surface area is 72.6 Å². The van der Waals surface area contributed by atoms with Crippen LogP contribution in [0.5, 0.6) is 0 Å². The molecule has 1 rings (SSSR count). The van der Waals surface area contributed by atoms with Crippen molar-refractivity contribution >= 4 is 0 Å². The Balaban J connectivity index is 2.25. The third-order valence-electron chi connectivity index (χ3n) is 1.67. The molecule has 2 N–H and O–H groups in total. The Morgan fingerprint density at radius 2 is 2.58 bits per heavy atom. The quantitative estimate of drug-likeness (QED) is 0.510. The van der Waals surface area contributed by atoms with Crippen LogP contribution in [0, 0.1) is 19.3 Å². The van der Waals surface area contributed by atoms with E-state index in [9.17, 15) is 0 Å². The fourth-order valence-corrected chi connectivity index (χ4v) is 0.933. The van der Waals surface area contributed by atoms with Gasteiger partial charge in [-0.3, -0.25) is 0 Å². The van der Waals surface area contributed by atoms with E-state index in [1.54, 1.807) is 6.33 Å². The van der Waals surface area contributed by atoms with Crippen molar-refractivity contribution in [3.63, 3.8) is 0 Å². The number of H-pyrrole nitrogens is 1.